The number of nitrogens with one attached hydrogen (secondary N) is 1. The van der Waals surface area contributed by atoms with Gasteiger partial charge in [0.15, 0.2) is 0 Å². The molecule has 0 unspecified atom stereocenters. The molecule has 1 amide bonds. The molecular formula is C13H17NO3S. The van der Waals surface area contributed by atoms with Gasteiger partial charge in [0.25, 0.3) is 0 Å². The van der Waals surface area contributed by atoms with Crippen LogP contribution in [0, 0.1) is 5.92 Å². The number of thioether (sulfide) groups is 1. The minimum atomic E-state index is -0.957. The van der Waals surface area contributed by atoms with Crippen LogP contribution in [0.4, 0.5) is 0 Å². The Labute approximate surface area is 111 Å². The Morgan fingerprint density at radius 3 is 2.72 bits per heavy atom. The minimum absolute atomic E-state index is 0.0329. The first-order valence-electron chi connectivity index (χ1n) is 5.72. The molecule has 0 fully saturated rings. The van der Waals surface area contributed by atoms with Gasteiger partial charge < -0.3 is 10.4 Å². The summed E-state index contributed by atoms with van der Waals surface area (Å²) in [5, 5.41) is 11.7. The molecule has 2 N–H and O–H groups in total. The molecule has 0 aromatic heterocycles. The molecule has 18 heavy (non-hydrogen) atoms. The van der Waals surface area contributed by atoms with Crippen molar-refractivity contribution < 1.29 is 14.7 Å². The maximum atomic E-state index is 11.5. The summed E-state index contributed by atoms with van der Waals surface area (Å²) in [7, 11) is 0. The Bertz CT molecular complexity index is 432. The summed E-state index contributed by atoms with van der Waals surface area (Å²) in [5.74, 6) is -0.263. The minimum Gasteiger partial charge on any atom is -0.478 e. The van der Waals surface area contributed by atoms with Crippen LogP contribution < -0.4 is 5.32 Å². The Hall–Kier alpha value is -1.49. The second kappa shape index (κ2) is 7.06. The van der Waals surface area contributed by atoms with Gasteiger partial charge in [0.05, 0.1) is 11.3 Å². The second-order valence-electron chi connectivity index (χ2n) is 4.32. The molecule has 98 valence electrons. The van der Waals surface area contributed by atoms with Gasteiger partial charge in [-0.15, -0.1) is 11.8 Å². The van der Waals surface area contributed by atoms with Crippen molar-refractivity contribution in [2.75, 3.05) is 12.3 Å². The summed E-state index contributed by atoms with van der Waals surface area (Å²) >= 11 is 1.34. The highest BCUT2D eigenvalue weighted by atomic mass is 32.2. The topological polar surface area (TPSA) is 66.4 Å². The van der Waals surface area contributed by atoms with Gasteiger partial charge in [-0.2, -0.15) is 0 Å². The average molecular weight is 267 g/mol. The standard InChI is InChI=1S/C13H17NO3S/c1-9(2)7-14-12(15)8-18-11-5-3-4-10(6-11)13(16)17/h3-6,9H,7-8H2,1-2H3,(H,14,15)(H,16,17). The van der Waals surface area contributed by atoms with Crippen molar-refractivity contribution in [3.8, 4) is 0 Å². The average Bonchev–Trinajstić information content (AvgIpc) is 2.34. The fraction of sp³-hybridized carbons (Fsp3) is 0.385. The lowest BCUT2D eigenvalue weighted by Gasteiger charge is -2.07. The van der Waals surface area contributed by atoms with Crippen LogP contribution in [0.2, 0.25) is 0 Å². The van der Waals surface area contributed by atoms with Crippen LogP contribution in [0.1, 0.15) is 24.2 Å². The molecule has 0 aliphatic rings. The van der Waals surface area contributed by atoms with Crippen molar-refractivity contribution in [3.05, 3.63) is 29.8 Å². The predicted molar refractivity (Wildman–Crippen MR) is 72.0 cm³/mol. The van der Waals surface area contributed by atoms with Crippen molar-refractivity contribution >= 4 is 23.6 Å². The zero-order chi connectivity index (χ0) is 13.5. The van der Waals surface area contributed by atoms with Crippen LogP contribution in [-0.2, 0) is 4.79 Å². The molecule has 0 bridgehead atoms. The number of rotatable bonds is 6. The van der Waals surface area contributed by atoms with Gasteiger partial charge in [-0.25, -0.2) is 4.79 Å². The van der Waals surface area contributed by atoms with E-state index in [1.165, 1.54) is 17.8 Å². The molecule has 0 saturated heterocycles. The summed E-state index contributed by atoms with van der Waals surface area (Å²) in [6, 6.07) is 6.58. The highest BCUT2D eigenvalue weighted by Gasteiger charge is 2.06. The first-order valence-corrected chi connectivity index (χ1v) is 6.70. The lowest BCUT2D eigenvalue weighted by molar-refractivity contribution is -0.118. The van der Waals surface area contributed by atoms with Crippen molar-refractivity contribution in [2.24, 2.45) is 5.92 Å². The molecule has 1 aromatic carbocycles. The van der Waals surface area contributed by atoms with Gasteiger partial charge in [0.1, 0.15) is 0 Å². The number of hydrogen-bond acceptors (Lipinski definition) is 3. The molecule has 1 rings (SSSR count). The smallest absolute Gasteiger partial charge is 0.335 e. The summed E-state index contributed by atoms with van der Waals surface area (Å²) in [6.45, 7) is 4.72. The molecule has 1 aromatic rings. The normalized spacial score (nSPS) is 10.4. The van der Waals surface area contributed by atoms with E-state index in [-0.39, 0.29) is 11.5 Å². The molecule has 0 atom stereocenters. The molecule has 5 heteroatoms. The van der Waals surface area contributed by atoms with Crippen LogP contribution in [0.25, 0.3) is 0 Å². The second-order valence-corrected chi connectivity index (χ2v) is 5.37. The number of carboxylic acids is 1. The fourth-order valence-corrected chi connectivity index (χ4v) is 2.02. The van der Waals surface area contributed by atoms with E-state index < -0.39 is 5.97 Å². The van der Waals surface area contributed by atoms with E-state index in [1.807, 2.05) is 13.8 Å². The predicted octanol–water partition coefficient (Wildman–Crippen LogP) is 2.25. The van der Waals surface area contributed by atoms with E-state index >= 15 is 0 Å². The first-order chi connectivity index (χ1) is 8.49. The molecule has 0 aliphatic heterocycles. The van der Waals surface area contributed by atoms with Gasteiger partial charge in [0.2, 0.25) is 5.91 Å². The molecule has 0 aliphatic carbocycles. The van der Waals surface area contributed by atoms with Crippen molar-refractivity contribution in [2.45, 2.75) is 18.7 Å². The third-order valence-electron chi connectivity index (χ3n) is 2.16. The highest BCUT2D eigenvalue weighted by Crippen LogP contribution is 2.18. The number of carboxylic acid groups (broad SMARTS) is 1. The van der Waals surface area contributed by atoms with Crippen molar-refractivity contribution in [3.63, 3.8) is 0 Å². The van der Waals surface area contributed by atoms with Gasteiger partial charge in [-0.05, 0) is 24.1 Å². The monoisotopic (exact) mass is 267 g/mol. The van der Waals surface area contributed by atoms with E-state index in [4.69, 9.17) is 5.11 Å². The maximum absolute atomic E-state index is 11.5. The Kier molecular flexibility index (Phi) is 5.71. The fourth-order valence-electron chi connectivity index (χ4n) is 1.24. The molecule has 4 nitrogen and oxygen atoms in total. The lowest BCUT2D eigenvalue weighted by atomic mass is 10.2. The molecule has 0 radical (unpaired) electrons. The summed E-state index contributed by atoms with van der Waals surface area (Å²) in [4.78, 5) is 23.1. The molecular weight excluding hydrogens is 250 g/mol. The quantitative estimate of drug-likeness (QED) is 0.776. The molecule has 0 spiro atoms. The Balaban J connectivity index is 2.46. The summed E-state index contributed by atoms with van der Waals surface area (Å²) in [5.41, 5.74) is 0.239. The van der Waals surface area contributed by atoms with Crippen LogP contribution in [-0.4, -0.2) is 29.3 Å². The number of carbonyl (C=O) groups excluding carboxylic acids is 1. The Morgan fingerprint density at radius 1 is 1.39 bits per heavy atom. The van der Waals surface area contributed by atoms with Crippen molar-refractivity contribution in [1.29, 1.82) is 0 Å². The van der Waals surface area contributed by atoms with Crippen LogP contribution >= 0.6 is 11.8 Å². The van der Waals surface area contributed by atoms with Crippen LogP contribution in [0.15, 0.2) is 29.2 Å². The number of aromatic carboxylic acids is 1. The summed E-state index contributed by atoms with van der Waals surface area (Å²) in [6.07, 6.45) is 0. The van der Waals surface area contributed by atoms with Crippen LogP contribution in [0.3, 0.4) is 0 Å². The number of benzene rings is 1. The summed E-state index contributed by atoms with van der Waals surface area (Å²) < 4.78 is 0. The zero-order valence-electron chi connectivity index (χ0n) is 10.5. The van der Waals surface area contributed by atoms with Gasteiger partial charge in [-0.1, -0.05) is 19.9 Å². The van der Waals surface area contributed by atoms with Gasteiger partial charge in [-0.3, -0.25) is 4.79 Å². The third-order valence-corrected chi connectivity index (χ3v) is 3.15. The lowest BCUT2D eigenvalue weighted by Crippen LogP contribution is -2.28. The van der Waals surface area contributed by atoms with Gasteiger partial charge >= 0.3 is 5.97 Å². The van der Waals surface area contributed by atoms with Crippen molar-refractivity contribution in [1.82, 2.24) is 5.32 Å². The molecule has 0 saturated carbocycles. The Morgan fingerprint density at radius 2 is 2.11 bits per heavy atom. The van der Waals surface area contributed by atoms with Crippen LogP contribution in [0.5, 0.6) is 0 Å². The highest BCUT2D eigenvalue weighted by molar-refractivity contribution is 8.00. The largest absolute Gasteiger partial charge is 0.478 e. The SMILES string of the molecule is CC(C)CNC(=O)CSc1cccc(C(=O)O)c1. The first kappa shape index (κ1) is 14.6. The number of amides is 1. The van der Waals surface area contributed by atoms with Gasteiger partial charge in [0, 0.05) is 11.4 Å². The number of hydrogen-bond donors (Lipinski definition) is 2. The number of carbonyl (C=O) groups is 2. The van der Waals surface area contributed by atoms with E-state index in [1.54, 1.807) is 18.2 Å². The maximum Gasteiger partial charge on any atom is 0.335 e. The van der Waals surface area contributed by atoms with E-state index in [0.29, 0.717) is 18.2 Å². The van der Waals surface area contributed by atoms with E-state index in [2.05, 4.69) is 5.32 Å². The zero-order valence-corrected chi connectivity index (χ0v) is 11.3. The third kappa shape index (κ3) is 5.23. The molecule has 0 heterocycles. The van der Waals surface area contributed by atoms with E-state index in [9.17, 15) is 9.59 Å². The van der Waals surface area contributed by atoms with E-state index in [0.717, 1.165) is 4.90 Å².